The third-order valence-electron chi connectivity index (χ3n) is 3.95. The average molecular weight is 304 g/mol. The van der Waals surface area contributed by atoms with Crippen LogP contribution in [0.1, 0.15) is 79.1 Å². The van der Waals surface area contributed by atoms with Crippen LogP contribution in [0.15, 0.2) is 0 Å². The van der Waals surface area contributed by atoms with E-state index < -0.39 is 0 Å². The second-order valence-electron chi connectivity index (χ2n) is 5.68. The van der Waals surface area contributed by atoms with E-state index in [1.165, 1.54) is 63.7 Å². The molecule has 0 N–H and O–H groups in total. The fourth-order valence-electron chi connectivity index (χ4n) is 2.46. The summed E-state index contributed by atoms with van der Waals surface area (Å²) in [6.45, 7) is 9.50. The molecule has 0 fully saturated rings. The molecule has 0 aliphatic carbocycles. The Balaban J connectivity index is 3.76. The largest absolute Gasteiger partial charge is 0.103 e. The molecule has 0 aliphatic rings. The molecular weight excluding hydrogens is 266 g/mol. The lowest BCUT2D eigenvalue weighted by atomic mass is 10.2. The molecular formula is C17H38P2. The van der Waals surface area contributed by atoms with Crippen molar-refractivity contribution in [3.63, 3.8) is 0 Å². The van der Waals surface area contributed by atoms with E-state index in [4.69, 9.17) is 0 Å². The van der Waals surface area contributed by atoms with Crippen molar-refractivity contribution in [1.82, 2.24) is 0 Å². The van der Waals surface area contributed by atoms with Gasteiger partial charge in [0.1, 0.15) is 0 Å². The summed E-state index contributed by atoms with van der Waals surface area (Å²) in [5, 5.41) is 0. The van der Waals surface area contributed by atoms with Gasteiger partial charge < -0.3 is 0 Å². The van der Waals surface area contributed by atoms with Crippen LogP contribution in [-0.4, -0.2) is 30.6 Å². The zero-order valence-corrected chi connectivity index (χ0v) is 15.9. The normalized spacial score (nSPS) is 14.5. The highest BCUT2D eigenvalue weighted by Gasteiger charge is 2.12. The van der Waals surface area contributed by atoms with Crippen LogP contribution in [0.4, 0.5) is 0 Å². The maximum atomic E-state index is 2.44. The predicted molar refractivity (Wildman–Crippen MR) is 97.8 cm³/mol. The second kappa shape index (κ2) is 15.3. The van der Waals surface area contributed by atoms with Crippen molar-refractivity contribution in [3.8, 4) is 0 Å². The molecule has 2 heteroatoms. The molecule has 0 bridgehead atoms. The lowest BCUT2D eigenvalue weighted by Gasteiger charge is -2.23. The molecule has 0 amide bonds. The average Bonchev–Trinajstić information content (AvgIpc) is 2.44. The Morgan fingerprint density at radius 2 is 0.947 bits per heavy atom. The molecule has 0 rings (SSSR count). The van der Waals surface area contributed by atoms with Crippen molar-refractivity contribution in [3.05, 3.63) is 0 Å². The zero-order valence-electron chi connectivity index (χ0n) is 14.1. The molecule has 0 aromatic rings. The maximum Gasteiger partial charge on any atom is -0.0121 e. The Hall–Kier alpha value is 0.860. The third-order valence-corrected chi connectivity index (χ3v) is 10.8. The van der Waals surface area contributed by atoms with Gasteiger partial charge in [-0.15, -0.1) is 15.8 Å². The molecule has 0 saturated carbocycles. The van der Waals surface area contributed by atoms with E-state index in [0.29, 0.717) is 15.8 Å². The summed E-state index contributed by atoms with van der Waals surface area (Å²) in [4.78, 5) is 0. The molecule has 0 saturated heterocycles. The SMILES string of the molecule is CCCCCCP(CC)CP(CC)CCCCCC. The van der Waals surface area contributed by atoms with Gasteiger partial charge in [-0.05, 0) is 43.4 Å². The van der Waals surface area contributed by atoms with Gasteiger partial charge in [-0.3, -0.25) is 0 Å². The molecule has 0 heterocycles. The highest BCUT2D eigenvalue weighted by atomic mass is 31.2. The van der Waals surface area contributed by atoms with Gasteiger partial charge in [-0.25, -0.2) is 0 Å². The fourth-order valence-corrected chi connectivity index (χ4v) is 9.43. The Bertz CT molecular complexity index is 153. The van der Waals surface area contributed by atoms with Crippen LogP contribution in [-0.2, 0) is 0 Å². The quantitative estimate of drug-likeness (QED) is 0.237. The monoisotopic (exact) mass is 304 g/mol. The molecule has 19 heavy (non-hydrogen) atoms. The standard InChI is InChI=1S/C17H38P2/c1-5-9-11-13-15-18(7-3)17-19(8-4)16-14-12-10-6-2/h5-17H2,1-4H3. The predicted octanol–water partition coefficient (Wildman–Crippen LogP) is 7.11. The van der Waals surface area contributed by atoms with Crippen molar-refractivity contribution < 1.29 is 0 Å². The summed E-state index contributed by atoms with van der Waals surface area (Å²) >= 11 is 0. The van der Waals surface area contributed by atoms with Crippen LogP contribution in [0.25, 0.3) is 0 Å². The Kier molecular flexibility index (Phi) is 15.9. The summed E-state index contributed by atoms with van der Waals surface area (Å²) < 4.78 is 0. The summed E-state index contributed by atoms with van der Waals surface area (Å²) in [5.74, 6) is 1.63. The molecule has 0 aromatic heterocycles. The molecule has 116 valence electrons. The first kappa shape index (κ1) is 19.9. The van der Waals surface area contributed by atoms with Crippen molar-refractivity contribution >= 4 is 15.8 Å². The van der Waals surface area contributed by atoms with Crippen molar-refractivity contribution in [1.29, 1.82) is 0 Å². The van der Waals surface area contributed by atoms with Crippen LogP contribution in [0.3, 0.4) is 0 Å². The summed E-state index contributed by atoms with van der Waals surface area (Å²) in [6, 6.07) is 0. The molecule has 0 aromatic carbocycles. The first-order chi connectivity index (χ1) is 9.28. The van der Waals surface area contributed by atoms with E-state index in [-0.39, 0.29) is 0 Å². The van der Waals surface area contributed by atoms with E-state index >= 15 is 0 Å². The first-order valence-electron chi connectivity index (χ1n) is 8.73. The summed E-state index contributed by atoms with van der Waals surface area (Å²) in [6.07, 6.45) is 17.7. The minimum Gasteiger partial charge on any atom is -0.103 e. The smallest absolute Gasteiger partial charge is 0.0121 e. The van der Waals surface area contributed by atoms with Gasteiger partial charge in [0, 0.05) is 0 Å². The molecule has 0 aliphatic heterocycles. The summed E-state index contributed by atoms with van der Waals surface area (Å²) in [5.41, 5.74) is 0. The molecule has 0 spiro atoms. The van der Waals surface area contributed by atoms with Gasteiger partial charge in [-0.1, -0.05) is 66.2 Å². The number of rotatable bonds is 14. The molecule has 0 nitrogen and oxygen atoms in total. The van der Waals surface area contributed by atoms with Crippen molar-refractivity contribution in [2.24, 2.45) is 0 Å². The minimum atomic E-state index is 0.384. The van der Waals surface area contributed by atoms with Crippen molar-refractivity contribution in [2.75, 3.05) is 30.6 Å². The van der Waals surface area contributed by atoms with Gasteiger partial charge >= 0.3 is 0 Å². The van der Waals surface area contributed by atoms with Gasteiger partial charge in [0.2, 0.25) is 0 Å². The van der Waals surface area contributed by atoms with E-state index in [1.807, 2.05) is 0 Å². The van der Waals surface area contributed by atoms with E-state index in [0.717, 1.165) is 0 Å². The van der Waals surface area contributed by atoms with E-state index in [1.54, 1.807) is 18.2 Å². The Morgan fingerprint density at radius 1 is 0.526 bits per heavy atom. The lowest BCUT2D eigenvalue weighted by molar-refractivity contribution is 0.704. The minimum absolute atomic E-state index is 0.384. The maximum absolute atomic E-state index is 2.44. The van der Waals surface area contributed by atoms with Crippen molar-refractivity contribution in [2.45, 2.75) is 79.1 Å². The van der Waals surface area contributed by atoms with E-state index in [2.05, 4.69) is 27.7 Å². The summed E-state index contributed by atoms with van der Waals surface area (Å²) in [7, 11) is 0.768. The number of unbranched alkanes of at least 4 members (excludes halogenated alkanes) is 6. The fraction of sp³-hybridized carbons (Fsp3) is 1.00. The topological polar surface area (TPSA) is 0 Å². The van der Waals surface area contributed by atoms with Crippen LogP contribution in [0.5, 0.6) is 0 Å². The first-order valence-corrected chi connectivity index (χ1v) is 12.5. The number of hydrogen-bond acceptors (Lipinski definition) is 0. The van der Waals surface area contributed by atoms with Gasteiger partial charge in [0.15, 0.2) is 0 Å². The second-order valence-corrected chi connectivity index (χ2v) is 11.7. The van der Waals surface area contributed by atoms with Crippen LogP contribution in [0, 0.1) is 0 Å². The van der Waals surface area contributed by atoms with E-state index in [9.17, 15) is 0 Å². The highest BCUT2D eigenvalue weighted by molar-refractivity contribution is 7.74. The lowest BCUT2D eigenvalue weighted by Crippen LogP contribution is -1.97. The Morgan fingerprint density at radius 3 is 1.26 bits per heavy atom. The van der Waals surface area contributed by atoms with Crippen LogP contribution in [0.2, 0.25) is 0 Å². The van der Waals surface area contributed by atoms with Gasteiger partial charge in [-0.2, -0.15) is 0 Å². The van der Waals surface area contributed by atoms with Gasteiger partial charge in [0.25, 0.3) is 0 Å². The highest BCUT2D eigenvalue weighted by Crippen LogP contribution is 2.51. The third kappa shape index (κ3) is 12.3. The zero-order chi connectivity index (χ0) is 14.3. The van der Waals surface area contributed by atoms with Crippen LogP contribution >= 0.6 is 15.8 Å². The molecule has 0 radical (unpaired) electrons. The van der Waals surface area contributed by atoms with Gasteiger partial charge in [0.05, 0.1) is 0 Å². The number of hydrogen-bond donors (Lipinski definition) is 0. The Labute approximate surface area is 126 Å². The molecule has 2 atom stereocenters. The molecule has 2 unspecified atom stereocenters. The van der Waals surface area contributed by atoms with Crippen LogP contribution < -0.4 is 0 Å².